The van der Waals surface area contributed by atoms with Crippen LogP contribution in [0.5, 0.6) is 0 Å². The molecular weight excluding hydrogens is 286 g/mol. The summed E-state index contributed by atoms with van der Waals surface area (Å²) in [7, 11) is 0. The molecule has 0 unspecified atom stereocenters. The van der Waals surface area contributed by atoms with Gasteiger partial charge >= 0.3 is 0 Å². The van der Waals surface area contributed by atoms with Crippen LogP contribution in [0.3, 0.4) is 0 Å². The van der Waals surface area contributed by atoms with Crippen molar-refractivity contribution in [2.24, 2.45) is 0 Å². The van der Waals surface area contributed by atoms with Crippen LogP contribution in [0.4, 0.5) is 0 Å². The van der Waals surface area contributed by atoms with Gasteiger partial charge in [-0.1, -0.05) is 25.3 Å². The minimum absolute atomic E-state index is 0.109. The highest BCUT2D eigenvalue weighted by molar-refractivity contribution is 7.10. The lowest BCUT2D eigenvalue weighted by Crippen LogP contribution is -2.41. The van der Waals surface area contributed by atoms with Crippen LogP contribution in [0.2, 0.25) is 0 Å². The summed E-state index contributed by atoms with van der Waals surface area (Å²) in [5, 5.41) is 25.3. The molecule has 1 aliphatic rings. The number of carbonyl (C=O) groups excluding carboxylic acids is 1. The number of hydrogen-bond donors (Lipinski definition) is 3. The van der Waals surface area contributed by atoms with Crippen LogP contribution < -0.4 is 5.32 Å². The minimum atomic E-state index is -0.825. The third kappa shape index (κ3) is 5.09. The molecule has 0 spiro atoms. The standard InChI is InChI=1S/C16H25NO3S/c1-12(10-13(18)14-6-5-9-21-14)17-15(19)11-16(20)7-3-2-4-8-16/h5-6,9,12-13,18,20H,2-4,7-8,10-11H2,1H3,(H,17,19)/t12-,13+/m0/s1. The first-order chi connectivity index (χ1) is 9.98. The van der Waals surface area contributed by atoms with E-state index < -0.39 is 11.7 Å². The molecule has 21 heavy (non-hydrogen) atoms. The predicted molar refractivity (Wildman–Crippen MR) is 84.2 cm³/mol. The third-order valence-corrected chi connectivity index (χ3v) is 5.10. The molecule has 1 heterocycles. The highest BCUT2D eigenvalue weighted by Gasteiger charge is 2.32. The molecule has 2 atom stereocenters. The van der Waals surface area contributed by atoms with Crippen LogP contribution in [0.15, 0.2) is 17.5 Å². The van der Waals surface area contributed by atoms with Gasteiger partial charge in [0.1, 0.15) is 0 Å². The van der Waals surface area contributed by atoms with Gasteiger partial charge in [0.2, 0.25) is 5.91 Å². The van der Waals surface area contributed by atoms with E-state index in [2.05, 4.69) is 5.32 Å². The SMILES string of the molecule is C[C@@H](C[C@@H](O)c1cccs1)NC(=O)CC1(O)CCCCC1. The molecule has 0 saturated heterocycles. The van der Waals surface area contributed by atoms with Gasteiger partial charge in [0.05, 0.1) is 18.1 Å². The average Bonchev–Trinajstić information content (AvgIpc) is 2.92. The van der Waals surface area contributed by atoms with Gasteiger partial charge < -0.3 is 15.5 Å². The Morgan fingerprint density at radius 3 is 2.76 bits per heavy atom. The lowest BCUT2D eigenvalue weighted by Gasteiger charge is -2.31. The molecular formula is C16H25NO3S. The normalized spacial score (nSPS) is 20.7. The largest absolute Gasteiger partial charge is 0.389 e. The number of aliphatic hydroxyl groups is 2. The van der Waals surface area contributed by atoms with Gasteiger partial charge in [0.25, 0.3) is 0 Å². The zero-order valence-electron chi connectivity index (χ0n) is 12.5. The maximum Gasteiger partial charge on any atom is 0.223 e. The number of aliphatic hydroxyl groups excluding tert-OH is 1. The van der Waals surface area contributed by atoms with Crippen molar-refractivity contribution in [3.8, 4) is 0 Å². The van der Waals surface area contributed by atoms with Gasteiger partial charge in [-0.2, -0.15) is 0 Å². The Bertz CT molecular complexity index is 440. The second-order valence-electron chi connectivity index (χ2n) is 6.20. The van der Waals surface area contributed by atoms with E-state index in [4.69, 9.17) is 0 Å². The van der Waals surface area contributed by atoms with E-state index in [0.29, 0.717) is 19.3 Å². The zero-order chi connectivity index (χ0) is 15.3. The Hall–Kier alpha value is -0.910. The molecule has 5 heteroatoms. The highest BCUT2D eigenvalue weighted by Crippen LogP contribution is 2.31. The Morgan fingerprint density at radius 2 is 2.14 bits per heavy atom. The Morgan fingerprint density at radius 1 is 1.43 bits per heavy atom. The molecule has 0 radical (unpaired) electrons. The van der Waals surface area contributed by atoms with Crippen molar-refractivity contribution >= 4 is 17.2 Å². The monoisotopic (exact) mass is 311 g/mol. The van der Waals surface area contributed by atoms with Crippen LogP contribution >= 0.6 is 11.3 Å². The maximum absolute atomic E-state index is 12.0. The van der Waals surface area contributed by atoms with E-state index in [-0.39, 0.29) is 18.4 Å². The number of nitrogens with one attached hydrogen (secondary N) is 1. The second kappa shape index (κ2) is 7.38. The van der Waals surface area contributed by atoms with Crippen LogP contribution in [0.1, 0.15) is 62.9 Å². The van der Waals surface area contributed by atoms with Gasteiger partial charge in [0.15, 0.2) is 0 Å². The molecule has 1 fully saturated rings. The first kappa shape index (κ1) is 16.5. The Labute approximate surface area is 130 Å². The van der Waals surface area contributed by atoms with E-state index in [1.807, 2.05) is 24.4 Å². The number of hydrogen-bond acceptors (Lipinski definition) is 4. The molecule has 4 nitrogen and oxygen atoms in total. The summed E-state index contributed by atoms with van der Waals surface area (Å²) in [5.74, 6) is -0.120. The number of amides is 1. The molecule has 1 amide bonds. The second-order valence-corrected chi connectivity index (χ2v) is 7.18. The van der Waals surface area contributed by atoms with Crippen molar-refractivity contribution in [1.82, 2.24) is 5.32 Å². The fourth-order valence-corrected chi connectivity index (χ4v) is 3.73. The van der Waals surface area contributed by atoms with Gasteiger partial charge in [-0.15, -0.1) is 11.3 Å². The first-order valence-electron chi connectivity index (χ1n) is 7.72. The van der Waals surface area contributed by atoms with E-state index in [1.54, 1.807) is 0 Å². The van der Waals surface area contributed by atoms with Crippen molar-refractivity contribution in [2.75, 3.05) is 0 Å². The molecule has 0 aliphatic heterocycles. The summed E-state index contributed by atoms with van der Waals surface area (Å²) >= 11 is 1.52. The maximum atomic E-state index is 12.0. The van der Waals surface area contributed by atoms with E-state index in [9.17, 15) is 15.0 Å². The van der Waals surface area contributed by atoms with Crippen molar-refractivity contribution in [1.29, 1.82) is 0 Å². The van der Waals surface area contributed by atoms with Gasteiger partial charge in [-0.05, 0) is 37.6 Å². The van der Waals surface area contributed by atoms with Crippen LogP contribution in [-0.2, 0) is 4.79 Å². The summed E-state index contributed by atoms with van der Waals surface area (Å²) in [4.78, 5) is 13.0. The fraction of sp³-hybridized carbons (Fsp3) is 0.688. The lowest BCUT2D eigenvalue weighted by molar-refractivity contribution is -0.128. The van der Waals surface area contributed by atoms with Crippen molar-refractivity contribution in [3.63, 3.8) is 0 Å². The van der Waals surface area contributed by atoms with Crippen molar-refractivity contribution in [3.05, 3.63) is 22.4 Å². The Kier molecular flexibility index (Phi) is 5.79. The molecule has 3 N–H and O–H groups in total. The predicted octanol–water partition coefficient (Wildman–Crippen LogP) is 2.76. The topological polar surface area (TPSA) is 69.6 Å². The molecule has 1 aliphatic carbocycles. The molecule has 0 bridgehead atoms. The quantitative estimate of drug-likeness (QED) is 0.756. The first-order valence-corrected chi connectivity index (χ1v) is 8.60. The third-order valence-electron chi connectivity index (χ3n) is 4.13. The van der Waals surface area contributed by atoms with Crippen LogP contribution in [0.25, 0.3) is 0 Å². The highest BCUT2D eigenvalue weighted by atomic mass is 32.1. The molecule has 1 aromatic rings. The molecule has 1 saturated carbocycles. The van der Waals surface area contributed by atoms with Gasteiger partial charge in [0, 0.05) is 10.9 Å². The Balaban J connectivity index is 1.76. The fourth-order valence-electron chi connectivity index (χ4n) is 3.00. The molecule has 118 valence electrons. The van der Waals surface area contributed by atoms with Gasteiger partial charge in [-0.25, -0.2) is 0 Å². The smallest absolute Gasteiger partial charge is 0.223 e. The lowest BCUT2D eigenvalue weighted by atomic mass is 9.82. The number of thiophene rings is 1. The number of rotatable bonds is 6. The minimum Gasteiger partial charge on any atom is -0.389 e. The zero-order valence-corrected chi connectivity index (χ0v) is 13.4. The van der Waals surface area contributed by atoms with E-state index in [1.165, 1.54) is 11.3 Å². The number of carbonyl (C=O) groups is 1. The summed E-state index contributed by atoms with van der Waals surface area (Å²) in [6.07, 6.45) is 4.69. The molecule has 1 aromatic heterocycles. The summed E-state index contributed by atoms with van der Waals surface area (Å²) < 4.78 is 0. The van der Waals surface area contributed by atoms with Crippen LogP contribution in [-0.4, -0.2) is 27.8 Å². The molecule has 2 rings (SSSR count). The summed E-state index contributed by atoms with van der Waals surface area (Å²) in [6, 6.07) is 3.70. The van der Waals surface area contributed by atoms with Crippen LogP contribution in [0, 0.1) is 0 Å². The van der Waals surface area contributed by atoms with E-state index >= 15 is 0 Å². The molecule has 0 aromatic carbocycles. The van der Waals surface area contributed by atoms with Crippen molar-refractivity contribution < 1.29 is 15.0 Å². The van der Waals surface area contributed by atoms with E-state index in [0.717, 1.165) is 24.1 Å². The summed E-state index contributed by atoms with van der Waals surface area (Å²) in [5.41, 5.74) is -0.825. The average molecular weight is 311 g/mol. The summed E-state index contributed by atoms with van der Waals surface area (Å²) in [6.45, 7) is 1.89. The van der Waals surface area contributed by atoms with Crippen molar-refractivity contribution in [2.45, 2.75) is 69.6 Å². The van der Waals surface area contributed by atoms with Gasteiger partial charge in [-0.3, -0.25) is 4.79 Å².